The molecule has 0 saturated carbocycles. The fraction of sp³-hybridized carbons (Fsp3) is 0.250. The average Bonchev–Trinajstić information content (AvgIpc) is 2.99. The van der Waals surface area contributed by atoms with E-state index >= 15 is 0 Å². The zero-order valence-corrected chi connectivity index (χ0v) is 11.5. The van der Waals surface area contributed by atoms with E-state index in [-0.39, 0.29) is 12.6 Å². The van der Waals surface area contributed by atoms with E-state index < -0.39 is 5.60 Å². The van der Waals surface area contributed by atoms with Crippen molar-refractivity contribution in [2.24, 2.45) is 0 Å². The summed E-state index contributed by atoms with van der Waals surface area (Å²) in [5, 5.41) is 23.1. The summed E-state index contributed by atoms with van der Waals surface area (Å²) in [6.45, 7) is 1.85. The molecule has 4 nitrogen and oxygen atoms in total. The number of amides is 2. The first-order valence-electron chi connectivity index (χ1n) is 5.40. The Morgan fingerprint density at radius 2 is 2.06 bits per heavy atom. The van der Waals surface area contributed by atoms with Gasteiger partial charge in [-0.3, -0.25) is 0 Å². The minimum absolute atomic E-state index is 0.166. The van der Waals surface area contributed by atoms with Crippen LogP contribution in [0.1, 0.15) is 12.5 Å². The van der Waals surface area contributed by atoms with Crippen LogP contribution < -0.4 is 10.6 Å². The minimum Gasteiger partial charge on any atom is -0.384 e. The molecule has 0 aliphatic heterocycles. The Bertz CT molecular complexity index is 492. The van der Waals surface area contributed by atoms with Crippen LogP contribution in [0.4, 0.5) is 10.5 Å². The molecule has 0 spiro atoms. The second-order valence-corrected chi connectivity index (χ2v) is 5.67. The van der Waals surface area contributed by atoms with Gasteiger partial charge in [-0.2, -0.15) is 22.7 Å². The van der Waals surface area contributed by atoms with Crippen LogP contribution in [0.25, 0.3) is 0 Å². The lowest BCUT2D eigenvalue weighted by Crippen LogP contribution is -2.40. The van der Waals surface area contributed by atoms with Gasteiger partial charge in [0.05, 0.1) is 12.2 Å². The van der Waals surface area contributed by atoms with Crippen LogP contribution in [0.3, 0.4) is 0 Å². The Morgan fingerprint density at radius 3 is 2.67 bits per heavy atom. The first kappa shape index (κ1) is 13.1. The summed E-state index contributed by atoms with van der Waals surface area (Å²) in [6.07, 6.45) is 0. The Balaban J connectivity index is 1.86. The van der Waals surface area contributed by atoms with E-state index in [1.54, 1.807) is 6.92 Å². The quantitative estimate of drug-likeness (QED) is 0.807. The monoisotopic (exact) mass is 282 g/mol. The van der Waals surface area contributed by atoms with Crippen LogP contribution in [-0.2, 0) is 5.60 Å². The number of rotatable bonds is 4. The van der Waals surface area contributed by atoms with Gasteiger partial charge >= 0.3 is 6.03 Å². The molecule has 3 N–H and O–H groups in total. The van der Waals surface area contributed by atoms with Crippen molar-refractivity contribution in [3.63, 3.8) is 0 Å². The predicted molar refractivity (Wildman–Crippen MR) is 75.2 cm³/mol. The molecule has 2 aromatic heterocycles. The summed E-state index contributed by atoms with van der Waals surface area (Å²) >= 11 is 3.03. The molecule has 0 bridgehead atoms. The molecular formula is C12H14N2O2S2. The highest BCUT2D eigenvalue weighted by Gasteiger charge is 2.24. The lowest BCUT2D eigenvalue weighted by atomic mass is 9.99. The summed E-state index contributed by atoms with van der Waals surface area (Å²) in [7, 11) is 0. The van der Waals surface area contributed by atoms with Gasteiger partial charge in [0.15, 0.2) is 0 Å². The molecule has 0 aliphatic carbocycles. The minimum atomic E-state index is -1.05. The van der Waals surface area contributed by atoms with E-state index in [4.69, 9.17) is 0 Å². The molecule has 0 fully saturated rings. The van der Waals surface area contributed by atoms with Crippen LogP contribution in [-0.4, -0.2) is 17.7 Å². The van der Waals surface area contributed by atoms with Crippen LogP contribution in [0, 0.1) is 0 Å². The van der Waals surface area contributed by atoms with Gasteiger partial charge < -0.3 is 15.7 Å². The van der Waals surface area contributed by atoms with E-state index in [0.717, 1.165) is 11.3 Å². The van der Waals surface area contributed by atoms with Crippen molar-refractivity contribution in [3.05, 3.63) is 39.2 Å². The molecule has 2 aromatic rings. The molecule has 1 unspecified atom stereocenters. The van der Waals surface area contributed by atoms with Gasteiger partial charge in [-0.05, 0) is 40.8 Å². The second-order valence-electron chi connectivity index (χ2n) is 4.11. The summed E-state index contributed by atoms with van der Waals surface area (Å²) in [6, 6.07) is 3.36. The van der Waals surface area contributed by atoms with Crippen molar-refractivity contribution in [1.82, 2.24) is 5.32 Å². The standard InChI is InChI=1S/C12H14N2O2S2/c1-12(16,9-2-4-17-6-9)8-13-11(15)14-10-3-5-18-7-10/h2-7,16H,8H2,1H3,(H2,13,14,15). The van der Waals surface area contributed by atoms with Gasteiger partial charge in [-0.15, -0.1) is 0 Å². The number of aliphatic hydroxyl groups is 1. The third-order valence-electron chi connectivity index (χ3n) is 2.52. The summed E-state index contributed by atoms with van der Waals surface area (Å²) in [5.41, 5.74) is 0.516. The first-order chi connectivity index (χ1) is 8.58. The van der Waals surface area contributed by atoms with Crippen LogP contribution in [0.5, 0.6) is 0 Å². The molecular weight excluding hydrogens is 268 g/mol. The summed E-state index contributed by atoms with van der Waals surface area (Å²) < 4.78 is 0. The zero-order chi connectivity index (χ0) is 13.0. The number of thiophene rings is 2. The number of hydrogen-bond acceptors (Lipinski definition) is 4. The highest BCUT2D eigenvalue weighted by molar-refractivity contribution is 7.08. The molecule has 6 heteroatoms. The Hall–Kier alpha value is -1.37. The number of carbonyl (C=O) groups is 1. The van der Waals surface area contributed by atoms with Gasteiger partial charge in [0, 0.05) is 5.38 Å². The molecule has 96 valence electrons. The van der Waals surface area contributed by atoms with Crippen LogP contribution in [0.2, 0.25) is 0 Å². The van der Waals surface area contributed by atoms with E-state index in [2.05, 4.69) is 10.6 Å². The zero-order valence-electron chi connectivity index (χ0n) is 9.84. The van der Waals surface area contributed by atoms with Crippen molar-refractivity contribution in [3.8, 4) is 0 Å². The topological polar surface area (TPSA) is 61.4 Å². The summed E-state index contributed by atoms with van der Waals surface area (Å²) in [5.74, 6) is 0. The van der Waals surface area contributed by atoms with E-state index in [9.17, 15) is 9.90 Å². The number of carbonyl (C=O) groups excluding carboxylic acids is 1. The van der Waals surface area contributed by atoms with E-state index in [1.165, 1.54) is 22.7 Å². The van der Waals surface area contributed by atoms with Crippen molar-refractivity contribution in [2.45, 2.75) is 12.5 Å². The maximum Gasteiger partial charge on any atom is 0.319 e. The lowest BCUT2D eigenvalue weighted by molar-refractivity contribution is 0.0604. The first-order valence-corrected chi connectivity index (χ1v) is 7.28. The van der Waals surface area contributed by atoms with Crippen LogP contribution >= 0.6 is 22.7 Å². The SMILES string of the molecule is CC(O)(CNC(=O)Nc1ccsc1)c1ccsc1. The van der Waals surface area contributed by atoms with Crippen molar-refractivity contribution < 1.29 is 9.90 Å². The van der Waals surface area contributed by atoms with Crippen molar-refractivity contribution in [2.75, 3.05) is 11.9 Å². The van der Waals surface area contributed by atoms with Gasteiger partial charge in [0.25, 0.3) is 0 Å². The average molecular weight is 282 g/mol. The Kier molecular flexibility index (Phi) is 4.00. The summed E-state index contributed by atoms with van der Waals surface area (Å²) in [4.78, 5) is 11.6. The largest absolute Gasteiger partial charge is 0.384 e. The predicted octanol–water partition coefficient (Wildman–Crippen LogP) is 2.84. The van der Waals surface area contributed by atoms with Crippen molar-refractivity contribution in [1.29, 1.82) is 0 Å². The van der Waals surface area contributed by atoms with Gasteiger partial charge in [0.1, 0.15) is 5.60 Å². The Labute approximate surface area is 113 Å². The number of hydrogen-bond donors (Lipinski definition) is 3. The van der Waals surface area contributed by atoms with Crippen molar-refractivity contribution >= 4 is 34.4 Å². The number of urea groups is 1. The molecule has 0 aliphatic rings. The smallest absolute Gasteiger partial charge is 0.319 e. The molecule has 2 amide bonds. The van der Waals surface area contributed by atoms with Gasteiger partial charge in [-0.1, -0.05) is 0 Å². The van der Waals surface area contributed by atoms with Gasteiger partial charge in [-0.25, -0.2) is 4.79 Å². The second kappa shape index (κ2) is 5.51. The highest BCUT2D eigenvalue weighted by Crippen LogP contribution is 2.22. The lowest BCUT2D eigenvalue weighted by Gasteiger charge is -2.22. The Morgan fingerprint density at radius 1 is 1.33 bits per heavy atom. The molecule has 18 heavy (non-hydrogen) atoms. The van der Waals surface area contributed by atoms with Gasteiger partial charge in [0.2, 0.25) is 0 Å². The molecule has 2 rings (SSSR count). The normalized spacial score (nSPS) is 13.9. The molecule has 0 aromatic carbocycles. The molecule has 0 saturated heterocycles. The fourth-order valence-electron chi connectivity index (χ4n) is 1.44. The maximum atomic E-state index is 11.6. The number of nitrogens with one attached hydrogen (secondary N) is 2. The fourth-order valence-corrected chi connectivity index (χ4v) is 2.81. The molecule has 0 radical (unpaired) electrons. The van der Waals surface area contributed by atoms with Crippen LogP contribution in [0.15, 0.2) is 33.7 Å². The molecule has 1 atom stereocenters. The van der Waals surface area contributed by atoms with E-state index in [1.807, 2.05) is 33.7 Å². The molecule has 2 heterocycles. The maximum absolute atomic E-state index is 11.6. The third kappa shape index (κ3) is 3.32. The third-order valence-corrected chi connectivity index (χ3v) is 3.88. The van der Waals surface area contributed by atoms with E-state index in [0.29, 0.717) is 0 Å². The highest BCUT2D eigenvalue weighted by atomic mass is 32.1. The number of anilines is 1.